The molecular formula is C9H14ClN3OS. The third kappa shape index (κ3) is 2.87. The van der Waals surface area contributed by atoms with Crippen LogP contribution in [0.1, 0.15) is 19.0 Å². The second-order valence-electron chi connectivity index (χ2n) is 3.63. The fraction of sp³-hybridized carbons (Fsp3) is 0.778. The van der Waals surface area contributed by atoms with Crippen LogP contribution in [0.3, 0.4) is 0 Å². The number of hydrogen-bond acceptors (Lipinski definition) is 5. The number of halogens is 1. The van der Waals surface area contributed by atoms with E-state index in [-0.39, 0.29) is 0 Å². The van der Waals surface area contributed by atoms with E-state index in [0.717, 1.165) is 38.4 Å². The Morgan fingerprint density at radius 3 is 3.20 bits per heavy atom. The Kier molecular flexibility index (Phi) is 3.91. The van der Waals surface area contributed by atoms with Crippen molar-refractivity contribution in [3.8, 4) is 0 Å². The highest BCUT2D eigenvalue weighted by molar-refractivity contribution is 7.10. The molecule has 0 N–H and O–H groups in total. The van der Waals surface area contributed by atoms with Gasteiger partial charge >= 0.3 is 0 Å². The number of ether oxygens (including phenoxy) is 1. The van der Waals surface area contributed by atoms with Gasteiger partial charge in [0.15, 0.2) is 0 Å². The summed E-state index contributed by atoms with van der Waals surface area (Å²) in [5, 5.41) is 4.01. The molecule has 1 aliphatic heterocycles. The summed E-state index contributed by atoms with van der Waals surface area (Å²) in [7, 11) is 0. The third-order valence-electron chi connectivity index (χ3n) is 2.56. The largest absolute Gasteiger partial charge is 0.376 e. The lowest BCUT2D eigenvalue weighted by molar-refractivity contribution is -0.0328. The molecule has 0 aromatic carbocycles. The molecule has 2 heterocycles. The first-order valence-electron chi connectivity index (χ1n) is 5.10. The molecule has 4 nitrogen and oxygen atoms in total. The van der Waals surface area contributed by atoms with Crippen LogP contribution in [-0.4, -0.2) is 40.3 Å². The molecule has 1 aliphatic rings. The topological polar surface area (TPSA) is 38.2 Å². The van der Waals surface area contributed by atoms with Gasteiger partial charge in [-0.2, -0.15) is 0 Å². The average Bonchev–Trinajstić information content (AvgIpc) is 2.65. The molecule has 6 heteroatoms. The number of nitrogens with zero attached hydrogens (tertiary/aromatic N) is 3. The van der Waals surface area contributed by atoms with Gasteiger partial charge in [-0.15, -0.1) is 5.10 Å². The van der Waals surface area contributed by atoms with E-state index in [2.05, 4.69) is 21.4 Å². The predicted octanol–water partition coefficient (Wildman–Crippen LogP) is 1.80. The van der Waals surface area contributed by atoms with Gasteiger partial charge in [-0.25, -0.2) is 0 Å². The Morgan fingerprint density at radius 1 is 1.67 bits per heavy atom. The summed E-state index contributed by atoms with van der Waals surface area (Å²) >= 11 is 7.21. The van der Waals surface area contributed by atoms with Gasteiger partial charge in [0, 0.05) is 31.2 Å². The Morgan fingerprint density at radius 2 is 2.53 bits per heavy atom. The standard InChI is InChI=1S/C9H14ClN3OS/c1-2-7-5-13(3-4-14-7)6-8-9(10)15-12-11-8/h7H,2-6H2,1H3. The normalized spacial score (nSPS) is 23.2. The van der Waals surface area contributed by atoms with Crippen LogP contribution in [0.2, 0.25) is 4.34 Å². The van der Waals surface area contributed by atoms with Crippen molar-refractivity contribution in [3.05, 3.63) is 10.0 Å². The maximum atomic E-state index is 5.96. The average molecular weight is 248 g/mol. The van der Waals surface area contributed by atoms with Crippen LogP contribution in [-0.2, 0) is 11.3 Å². The van der Waals surface area contributed by atoms with Crippen molar-refractivity contribution in [2.45, 2.75) is 26.0 Å². The van der Waals surface area contributed by atoms with Gasteiger partial charge in [0.2, 0.25) is 0 Å². The lowest BCUT2D eigenvalue weighted by atomic mass is 10.2. The summed E-state index contributed by atoms with van der Waals surface area (Å²) in [4.78, 5) is 2.32. The van der Waals surface area contributed by atoms with E-state index in [0.29, 0.717) is 10.4 Å². The highest BCUT2D eigenvalue weighted by atomic mass is 35.5. The predicted molar refractivity (Wildman–Crippen MR) is 60.2 cm³/mol. The van der Waals surface area contributed by atoms with Crippen molar-refractivity contribution in [2.75, 3.05) is 19.7 Å². The second kappa shape index (κ2) is 5.21. The van der Waals surface area contributed by atoms with Gasteiger partial charge in [-0.3, -0.25) is 4.90 Å². The van der Waals surface area contributed by atoms with E-state index in [1.807, 2.05) is 0 Å². The van der Waals surface area contributed by atoms with Crippen molar-refractivity contribution in [1.29, 1.82) is 0 Å². The summed E-state index contributed by atoms with van der Waals surface area (Å²) in [6.45, 7) is 5.64. The molecule has 2 rings (SSSR count). The molecule has 84 valence electrons. The van der Waals surface area contributed by atoms with Gasteiger partial charge in [-0.1, -0.05) is 23.0 Å². The van der Waals surface area contributed by atoms with E-state index in [9.17, 15) is 0 Å². The summed E-state index contributed by atoms with van der Waals surface area (Å²) in [6.07, 6.45) is 1.41. The fourth-order valence-corrected chi connectivity index (χ4v) is 2.29. The number of hydrogen-bond donors (Lipinski definition) is 0. The van der Waals surface area contributed by atoms with Crippen LogP contribution in [0.4, 0.5) is 0 Å². The van der Waals surface area contributed by atoms with Gasteiger partial charge < -0.3 is 4.74 Å². The lowest BCUT2D eigenvalue weighted by Crippen LogP contribution is -2.41. The highest BCUT2D eigenvalue weighted by Gasteiger charge is 2.20. The first-order valence-corrected chi connectivity index (χ1v) is 6.25. The molecule has 0 saturated carbocycles. The van der Waals surface area contributed by atoms with E-state index in [1.54, 1.807) is 0 Å². The molecule has 0 aliphatic carbocycles. The van der Waals surface area contributed by atoms with Crippen LogP contribution in [0.25, 0.3) is 0 Å². The van der Waals surface area contributed by atoms with Crippen LogP contribution < -0.4 is 0 Å². The van der Waals surface area contributed by atoms with Crippen molar-refractivity contribution in [2.24, 2.45) is 0 Å². The molecule has 0 spiro atoms. The monoisotopic (exact) mass is 247 g/mol. The summed E-state index contributed by atoms with van der Waals surface area (Å²) in [6, 6.07) is 0. The minimum atomic E-state index is 0.351. The molecule has 1 unspecified atom stereocenters. The van der Waals surface area contributed by atoms with Gasteiger partial charge in [0.1, 0.15) is 10.0 Å². The van der Waals surface area contributed by atoms with Crippen LogP contribution in [0.15, 0.2) is 0 Å². The minimum absolute atomic E-state index is 0.351. The Labute approximate surface area is 98.3 Å². The van der Waals surface area contributed by atoms with Crippen LogP contribution >= 0.6 is 23.1 Å². The molecule has 1 atom stereocenters. The zero-order valence-electron chi connectivity index (χ0n) is 8.65. The quantitative estimate of drug-likeness (QED) is 0.817. The zero-order chi connectivity index (χ0) is 10.7. The third-order valence-corrected chi connectivity index (χ3v) is 3.55. The molecule has 1 saturated heterocycles. The molecule has 0 radical (unpaired) electrons. The fourth-order valence-electron chi connectivity index (χ4n) is 1.67. The molecular weight excluding hydrogens is 234 g/mol. The summed E-state index contributed by atoms with van der Waals surface area (Å²) in [5.74, 6) is 0. The zero-order valence-corrected chi connectivity index (χ0v) is 10.2. The van der Waals surface area contributed by atoms with Gasteiger partial charge in [0.25, 0.3) is 0 Å². The van der Waals surface area contributed by atoms with Crippen molar-refractivity contribution >= 4 is 23.1 Å². The minimum Gasteiger partial charge on any atom is -0.376 e. The molecule has 1 aromatic rings. The lowest BCUT2D eigenvalue weighted by Gasteiger charge is -2.31. The van der Waals surface area contributed by atoms with Crippen molar-refractivity contribution in [1.82, 2.24) is 14.5 Å². The summed E-state index contributed by atoms with van der Waals surface area (Å²) < 4.78 is 10.1. The second-order valence-corrected chi connectivity index (χ2v) is 4.99. The Hall–Kier alpha value is -0.230. The molecule has 15 heavy (non-hydrogen) atoms. The number of morpholine rings is 1. The highest BCUT2D eigenvalue weighted by Crippen LogP contribution is 2.20. The molecule has 0 bridgehead atoms. The maximum absolute atomic E-state index is 5.96. The van der Waals surface area contributed by atoms with E-state index < -0.39 is 0 Å². The SMILES string of the molecule is CCC1CN(Cc2nnsc2Cl)CCO1. The van der Waals surface area contributed by atoms with E-state index in [1.165, 1.54) is 11.5 Å². The first-order chi connectivity index (χ1) is 7.29. The smallest absolute Gasteiger partial charge is 0.138 e. The molecule has 1 fully saturated rings. The van der Waals surface area contributed by atoms with Gasteiger partial charge in [0.05, 0.1) is 12.7 Å². The Bertz CT molecular complexity index is 320. The molecule has 0 amide bonds. The van der Waals surface area contributed by atoms with Crippen molar-refractivity contribution < 1.29 is 4.74 Å². The van der Waals surface area contributed by atoms with Gasteiger partial charge in [-0.05, 0) is 6.42 Å². The van der Waals surface area contributed by atoms with Crippen molar-refractivity contribution in [3.63, 3.8) is 0 Å². The summed E-state index contributed by atoms with van der Waals surface area (Å²) in [5.41, 5.74) is 0.887. The van der Waals surface area contributed by atoms with E-state index >= 15 is 0 Å². The number of rotatable bonds is 3. The maximum Gasteiger partial charge on any atom is 0.138 e. The first kappa shape index (κ1) is 11.3. The van der Waals surface area contributed by atoms with Crippen LogP contribution in [0, 0.1) is 0 Å². The molecule has 1 aromatic heterocycles. The van der Waals surface area contributed by atoms with E-state index in [4.69, 9.17) is 16.3 Å². The van der Waals surface area contributed by atoms with Crippen LogP contribution in [0.5, 0.6) is 0 Å². The number of aromatic nitrogens is 2. The Balaban J connectivity index is 1.92.